The number of hydrogen-bond donors (Lipinski definition) is 1. The lowest BCUT2D eigenvalue weighted by Gasteiger charge is -2.15. The van der Waals surface area contributed by atoms with Crippen molar-refractivity contribution >= 4 is 17.3 Å². The van der Waals surface area contributed by atoms with E-state index in [4.69, 9.17) is 0 Å². The van der Waals surface area contributed by atoms with Crippen LogP contribution in [0, 0.1) is 17.0 Å². The first kappa shape index (κ1) is 19.0. The third-order valence-corrected chi connectivity index (χ3v) is 3.98. The highest BCUT2D eigenvalue weighted by molar-refractivity contribution is 6.06. The number of amides is 1. The predicted octanol–water partition coefficient (Wildman–Crippen LogP) is 3.76. The molecule has 8 nitrogen and oxygen atoms in total. The molecule has 0 atom stereocenters. The average Bonchev–Trinajstić information content (AvgIpc) is 3.15. The summed E-state index contributed by atoms with van der Waals surface area (Å²) in [7, 11) is 0. The number of aromatic nitrogens is 3. The summed E-state index contributed by atoms with van der Waals surface area (Å²) in [6, 6.07) is 6.67. The summed E-state index contributed by atoms with van der Waals surface area (Å²) >= 11 is 0. The van der Waals surface area contributed by atoms with Gasteiger partial charge < -0.3 is 5.32 Å². The highest BCUT2D eigenvalue weighted by atomic mass is 19.4. The Bertz CT molecular complexity index is 1050. The Morgan fingerprint density at radius 1 is 1.25 bits per heavy atom. The van der Waals surface area contributed by atoms with E-state index < -0.39 is 22.6 Å². The zero-order valence-corrected chi connectivity index (χ0v) is 14.3. The van der Waals surface area contributed by atoms with Gasteiger partial charge in [0, 0.05) is 17.2 Å². The summed E-state index contributed by atoms with van der Waals surface area (Å²) in [6.45, 7) is 1.39. The number of halogens is 3. The Balaban J connectivity index is 2.05. The Morgan fingerprint density at radius 2 is 2.00 bits per heavy atom. The van der Waals surface area contributed by atoms with Gasteiger partial charge in [0.2, 0.25) is 0 Å². The van der Waals surface area contributed by atoms with Gasteiger partial charge in [0.25, 0.3) is 11.6 Å². The molecule has 1 aromatic heterocycles. The smallest absolute Gasteiger partial charge is 0.320 e. The molecular weight excluding hydrogens is 379 g/mol. The van der Waals surface area contributed by atoms with Gasteiger partial charge in [0.1, 0.15) is 12.7 Å². The van der Waals surface area contributed by atoms with Crippen molar-refractivity contribution in [2.45, 2.75) is 13.1 Å². The number of nitro groups is 1. The van der Waals surface area contributed by atoms with E-state index >= 15 is 0 Å². The average molecular weight is 391 g/mol. The van der Waals surface area contributed by atoms with Crippen molar-refractivity contribution in [2.24, 2.45) is 0 Å². The molecule has 0 unspecified atom stereocenters. The summed E-state index contributed by atoms with van der Waals surface area (Å²) in [4.78, 5) is 26.8. The maximum atomic E-state index is 13.1. The fourth-order valence-electron chi connectivity index (χ4n) is 2.60. The van der Waals surface area contributed by atoms with Gasteiger partial charge in [0.15, 0.2) is 0 Å². The molecule has 3 aromatic rings. The second kappa shape index (κ2) is 7.10. The molecule has 0 aliphatic carbocycles. The molecule has 11 heteroatoms. The molecule has 3 rings (SSSR count). The van der Waals surface area contributed by atoms with Crippen LogP contribution in [0.25, 0.3) is 5.69 Å². The molecule has 1 N–H and O–H groups in total. The van der Waals surface area contributed by atoms with Gasteiger partial charge in [-0.05, 0) is 31.2 Å². The van der Waals surface area contributed by atoms with Crippen LogP contribution in [0.5, 0.6) is 0 Å². The molecule has 0 radical (unpaired) electrons. The van der Waals surface area contributed by atoms with E-state index in [0.717, 1.165) is 18.2 Å². The van der Waals surface area contributed by atoms with Crippen LogP contribution < -0.4 is 5.32 Å². The van der Waals surface area contributed by atoms with Crippen molar-refractivity contribution in [3.8, 4) is 5.69 Å². The number of carbonyl (C=O) groups excluding carboxylic acids is 1. The first-order valence-electron chi connectivity index (χ1n) is 7.80. The molecule has 0 spiro atoms. The molecule has 0 fully saturated rings. The second-order valence-corrected chi connectivity index (χ2v) is 5.73. The van der Waals surface area contributed by atoms with E-state index in [-0.39, 0.29) is 28.2 Å². The van der Waals surface area contributed by atoms with Crippen LogP contribution in [0.4, 0.5) is 24.5 Å². The minimum absolute atomic E-state index is 0.0313. The van der Waals surface area contributed by atoms with E-state index in [1.807, 2.05) is 0 Å². The van der Waals surface area contributed by atoms with E-state index in [0.29, 0.717) is 0 Å². The van der Waals surface area contributed by atoms with Gasteiger partial charge in [-0.1, -0.05) is 6.07 Å². The Labute approximate surface area is 155 Å². The predicted molar refractivity (Wildman–Crippen MR) is 92.1 cm³/mol. The van der Waals surface area contributed by atoms with Crippen molar-refractivity contribution < 1.29 is 22.9 Å². The number of nitrogens with zero attached hydrogens (tertiary/aromatic N) is 4. The lowest BCUT2D eigenvalue weighted by molar-refractivity contribution is -0.385. The quantitative estimate of drug-likeness (QED) is 0.539. The van der Waals surface area contributed by atoms with Crippen molar-refractivity contribution in [1.29, 1.82) is 0 Å². The van der Waals surface area contributed by atoms with Crippen LogP contribution in [-0.4, -0.2) is 25.6 Å². The minimum Gasteiger partial charge on any atom is -0.320 e. The van der Waals surface area contributed by atoms with Crippen LogP contribution in [0.15, 0.2) is 49.1 Å². The van der Waals surface area contributed by atoms with Gasteiger partial charge in [-0.3, -0.25) is 14.9 Å². The molecule has 1 heterocycles. The largest absolute Gasteiger partial charge is 0.416 e. The van der Waals surface area contributed by atoms with Gasteiger partial charge >= 0.3 is 6.18 Å². The number of carbonyl (C=O) groups is 1. The third-order valence-electron chi connectivity index (χ3n) is 3.98. The summed E-state index contributed by atoms with van der Waals surface area (Å²) in [5.41, 5.74) is -1.19. The number of nitrogens with one attached hydrogen (secondary N) is 1. The summed E-state index contributed by atoms with van der Waals surface area (Å²) in [5, 5.41) is 17.3. The fourth-order valence-corrected chi connectivity index (χ4v) is 2.60. The normalized spacial score (nSPS) is 11.3. The molecule has 0 aliphatic rings. The summed E-state index contributed by atoms with van der Waals surface area (Å²) in [5.74, 6) is -0.790. The molecule has 0 aliphatic heterocycles. The van der Waals surface area contributed by atoms with Crippen LogP contribution in [0.2, 0.25) is 0 Å². The molecule has 0 bridgehead atoms. The lowest BCUT2D eigenvalue weighted by atomic mass is 10.1. The van der Waals surface area contributed by atoms with Crippen LogP contribution >= 0.6 is 0 Å². The highest BCUT2D eigenvalue weighted by Crippen LogP contribution is 2.33. The number of nitro benzene ring substituents is 1. The van der Waals surface area contributed by atoms with Gasteiger partial charge in [-0.15, -0.1) is 0 Å². The van der Waals surface area contributed by atoms with Gasteiger partial charge in [-0.25, -0.2) is 9.67 Å². The summed E-state index contributed by atoms with van der Waals surface area (Å²) in [6.07, 6.45) is -2.17. The van der Waals surface area contributed by atoms with Crippen molar-refractivity contribution in [1.82, 2.24) is 14.8 Å². The fraction of sp³-hybridized carbons (Fsp3) is 0.118. The van der Waals surface area contributed by atoms with Crippen LogP contribution in [-0.2, 0) is 6.18 Å². The molecule has 2 aromatic carbocycles. The zero-order chi connectivity index (χ0) is 20.5. The summed E-state index contributed by atoms with van der Waals surface area (Å²) < 4.78 is 40.4. The molecule has 0 saturated heterocycles. The van der Waals surface area contributed by atoms with Crippen molar-refractivity contribution in [3.63, 3.8) is 0 Å². The Morgan fingerprint density at radius 3 is 2.61 bits per heavy atom. The number of benzene rings is 2. The molecule has 144 valence electrons. The number of rotatable bonds is 4. The number of hydrogen-bond acceptors (Lipinski definition) is 5. The second-order valence-electron chi connectivity index (χ2n) is 5.73. The molecule has 28 heavy (non-hydrogen) atoms. The first-order chi connectivity index (χ1) is 13.2. The van der Waals surface area contributed by atoms with Crippen LogP contribution in [0.3, 0.4) is 0 Å². The monoisotopic (exact) mass is 391 g/mol. The van der Waals surface area contributed by atoms with Crippen molar-refractivity contribution in [2.75, 3.05) is 5.32 Å². The van der Waals surface area contributed by atoms with E-state index in [9.17, 15) is 28.1 Å². The Kier molecular flexibility index (Phi) is 4.82. The topological polar surface area (TPSA) is 103 Å². The SMILES string of the molecule is Cc1c(C(=O)Nc2cc(C(F)(F)F)ccc2-n2cncn2)cccc1[N+](=O)[O-]. The van der Waals surface area contributed by atoms with Gasteiger partial charge in [-0.2, -0.15) is 18.3 Å². The zero-order valence-electron chi connectivity index (χ0n) is 14.3. The molecular formula is C17H12F3N5O3. The minimum atomic E-state index is -4.62. The maximum Gasteiger partial charge on any atom is 0.416 e. The first-order valence-corrected chi connectivity index (χ1v) is 7.80. The number of anilines is 1. The van der Waals surface area contributed by atoms with E-state index in [1.54, 1.807) is 0 Å². The highest BCUT2D eigenvalue weighted by Gasteiger charge is 2.31. The van der Waals surface area contributed by atoms with Crippen molar-refractivity contribution in [3.05, 3.63) is 75.9 Å². The molecule has 0 saturated carbocycles. The lowest BCUT2D eigenvalue weighted by Crippen LogP contribution is -2.17. The van der Waals surface area contributed by atoms with Gasteiger partial charge in [0.05, 0.1) is 21.9 Å². The number of alkyl halides is 3. The Hall–Kier alpha value is -3.76. The maximum absolute atomic E-state index is 13.1. The third kappa shape index (κ3) is 3.68. The van der Waals surface area contributed by atoms with E-state index in [2.05, 4.69) is 15.4 Å². The van der Waals surface area contributed by atoms with E-state index in [1.165, 1.54) is 42.5 Å². The molecule has 1 amide bonds. The van der Waals surface area contributed by atoms with Crippen LogP contribution in [0.1, 0.15) is 21.5 Å². The standard InChI is InChI=1S/C17H12F3N5O3/c1-10-12(3-2-4-14(10)25(27)28)16(26)23-13-7-11(17(18,19)20)5-6-15(13)24-9-21-8-22-24/h2-9H,1H3,(H,23,26).